The van der Waals surface area contributed by atoms with Gasteiger partial charge in [-0.05, 0) is 40.2 Å². The highest BCUT2D eigenvalue weighted by atomic mass is 79.9. The number of hydrogen-bond acceptors (Lipinski definition) is 3. The molecule has 0 aliphatic heterocycles. The highest BCUT2D eigenvalue weighted by Crippen LogP contribution is 2.26. The second kappa shape index (κ2) is 6.74. The van der Waals surface area contributed by atoms with Gasteiger partial charge in [0.05, 0.1) is 19.2 Å². The molecule has 0 spiro atoms. The SMILES string of the molecule is COc1cc(Br)ccc1C(=O)N(C)Cc1cc(Br)cs1. The van der Waals surface area contributed by atoms with Gasteiger partial charge in [-0.2, -0.15) is 0 Å². The number of benzene rings is 1. The van der Waals surface area contributed by atoms with Crippen LogP contribution in [0.3, 0.4) is 0 Å². The summed E-state index contributed by atoms with van der Waals surface area (Å²) >= 11 is 8.41. The van der Waals surface area contributed by atoms with Crippen LogP contribution in [0.2, 0.25) is 0 Å². The van der Waals surface area contributed by atoms with Crippen molar-refractivity contribution in [1.82, 2.24) is 4.90 Å². The predicted molar refractivity (Wildman–Crippen MR) is 88.5 cm³/mol. The topological polar surface area (TPSA) is 29.5 Å². The smallest absolute Gasteiger partial charge is 0.257 e. The summed E-state index contributed by atoms with van der Waals surface area (Å²) in [6.45, 7) is 0.578. The van der Waals surface area contributed by atoms with Crippen molar-refractivity contribution in [2.24, 2.45) is 0 Å². The molecule has 0 saturated heterocycles. The maximum absolute atomic E-state index is 12.5. The van der Waals surface area contributed by atoms with Crippen molar-refractivity contribution in [3.63, 3.8) is 0 Å². The lowest BCUT2D eigenvalue weighted by Crippen LogP contribution is -2.26. The molecule has 1 aromatic carbocycles. The Morgan fingerprint density at radius 1 is 1.30 bits per heavy atom. The van der Waals surface area contributed by atoms with Gasteiger partial charge in [0.2, 0.25) is 0 Å². The highest BCUT2D eigenvalue weighted by Gasteiger charge is 2.17. The molecular formula is C14H13Br2NO2S. The van der Waals surface area contributed by atoms with Crippen molar-refractivity contribution in [2.75, 3.05) is 14.2 Å². The highest BCUT2D eigenvalue weighted by molar-refractivity contribution is 9.10. The molecular weight excluding hydrogens is 406 g/mol. The number of halogens is 2. The van der Waals surface area contributed by atoms with E-state index in [-0.39, 0.29) is 5.91 Å². The molecule has 1 aromatic heterocycles. The van der Waals surface area contributed by atoms with Gasteiger partial charge in [0, 0.05) is 26.3 Å². The van der Waals surface area contributed by atoms with Gasteiger partial charge in [0.15, 0.2) is 0 Å². The molecule has 1 heterocycles. The van der Waals surface area contributed by atoms with E-state index in [1.165, 1.54) is 0 Å². The van der Waals surface area contributed by atoms with Crippen LogP contribution in [0.4, 0.5) is 0 Å². The molecule has 20 heavy (non-hydrogen) atoms. The van der Waals surface area contributed by atoms with Crippen molar-refractivity contribution in [2.45, 2.75) is 6.54 Å². The van der Waals surface area contributed by atoms with Gasteiger partial charge in [0.1, 0.15) is 5.75 Å². The predicted octanol–water partition coefficient (Wildman–Crippen LogP) is 4.55. The second-order valence-corrected chi connectivity index (χ2v) is 7.06. The first-order valence-corrected chi connectivity index (χ1v) is 8.29. The van der Waals surface area contributed by atoms with Gasteiger partial charge in [-0.15, -0.1) is 11.3 Å². The normalized spacial score (nSPS) is 10.4. The summed E-state index contributed by atoms with van der Waals surface area (Å²) in [4.78, 5) is 15.3. The number of ether oxygens (including phenoxy) is 1. The third-order valence-electron chi connectivity index (χ3n) is 2.76. The molecule has 0 bridgehead atoms. The summed E-state index contributed by atoms with van der Waals surface area (Å²) in [6, 6.07) is 7.42. The van der Waals surface area contributed by atoms with Gasteiger partial charge < -0.3 is 9.64 Å². The van der Waals surface area contributed by atoms with Gasteiger partial charge in [-0.1, -0.05) is 15.9 Å². The minimum absolute atomic E-state index is 0.0566. The van der Waals surface area contributed by atoms with Gasteiger partial charge >= 0.3 is 0 Å². The summed E-state index contributed by atoms with van der Waals surface area (Å²) in [7, 11) is 3.35. The lowest BCUT2D eigenvalue weighted by Gasteiger charge is -2.18. The molecule has 106 valence electrons. The molecule has 0 aliphatic rings. The molecule has 0 atom stereocenters. The van der Waals surface area contributed by atoms with Crippen LogP contribution in [-0.2, 0) is 6.54 Å². The van der Waals surface area contributed by atoms with Gasteiger partial charge in [-0.3, -0.25) is 4.79 Å². The minimum atomic E-state index is -0.0566. The summed E-state index contributed by atoms with van der Waals surface area (Å²) < 4.78 is 7.20. The van der Waals surface area contributed by atoms with Crippen LogP contribution in [-0.4, -0.2) is 25.0 Å². The lowest BCUT2D eigenvalue weighted by molar-refractivity contribution is 0.0783. The molecule has 0 saturated carbocycles. The molecule has 6 heteroatoms. The quantitative estimate of drug-likeness (QED) is 0.728. The molecule has 2 aromatic rings. The third kappa shape index (κ3) is 3.62. The first-order chi connectivity index (χ1) is 9.51. The summed E-state index contributed by atoms with van der Waals surface area (Å²) in [5.74, 6) is 0.516. The van der Waals surface area contributed by atoms with Gasteiger partial charge in [0.25, 0.3) is 5.91 Å². The average Bonchev–Trinajstić information content (AvgIpc) is 2.83. The largest absolute Gasteiger partial charge is 0.496 e. The number of nitrogens with zero attached hydrogens (tertiary/aromatic N) is 1. The zero-order valence-electron chi connectivity index (χ0n) is 11.0. The molecule has 3 nitrogen and oxygen atoms in total. The molecule has 2 rings (SSSR count). The van der Waals surface area contributed by atoms with Crippen LogP contribution in [0.15, 0.2) is 38.6 Å². The fourth-order valence-electron chi connectivity index (χ4n) is 1.79. The van der Waals surface area contributed by atoms with Crippen LogP contribution in [0.5, 0.6) is 5.75 Å². The van der Waals surface area contributed by atoms with Crippen molar-refractivity contribution in [1.29, 1.82) is 0 Å². The fourth-order valence-corrected chi connectivity index (χ4v) is 3.63. The Bertz CT molecular complexity index is 627. The lowest BCUT2D eigenvalue weighted by atomic mass is 10.1. The van der Waals surface area contributed by atoms with E-state index in [9.17, 15) is 4.79 Å². The van der Waals surface area contributed by atoms with E-state index in [1.807, 2.05) is 17.5 Å². The number of amides is 1. The maximum Gasteiger partial charge on any atom is 0.257 e. The maximum atomic E-state index is 12.5. The van der Waals surface area contributed by atoms with Crippen LogP contribution >= 0.6 is 43.2 Å². The van der Waals surface area contributed by atoms with Crippen molar-refractivity contribution >= 4 is 49.1 Å². The first-order valence-electron chi connectivity index (χ1n) is 5.83. The zero-order valence-corrected chi connectivity index (χ0v) is 15.0. The van der Waals surface area contributed by atoms with Gasteiger partial charge in [-0.25, -0.2) is 0 Å². The average molecular weight is 419 g/mol. The van der Waals surface area contributed by atoms with E-state index < -0.39 is 0 Å². The Hall–Kier alpha value is -0.850. The number of thiophene rings is 1. The summed E-state index contributed by atoms with van der Waals surface area (Å²) in [5.41, 5.74) is 0.564. The second-order valence-electron chi connectivity index (χ2n) is 4.24. The molecule has 1 amide bonds. The van der Waals surface area contributed by atoms with Crippen molar-refractivity contribution in [3.05, 3.63) is 49.0 Å². The van der Waals surface area contributed by atoms with Crippen molar-refractivity contribution in [3.8, 4) is 5.75 Å². The first kappa shape index (κ1) is 15.5. The Morgan fingerprint density at radius 3 is 2.65 bits per heavy atom. The Morgan fingerprint density at radius 2 is 2.05 bits per heavy atom. The van der Waals surface area contributed by atoms with Crippen LogP contribution in [0.25, 0.3) is 0 Å². The number of rotatable bonds is 4. The Labute approximate surface area is 138 Å². The van der Waals surface area contributed by atoms with E-state index in [0.29, 0.717) is 17.9 Å². The minimum Gasteiger partial charge on any atom is -0.496 e. The molecule has 0 fully saturated rings. The summed E-state index contributed by atoms with van der Waals surface area (Å²) in [6.07, 6.45) is 0. The number of hydrogen-bond donors (Lipinski definition) is 0. The Kier molecular flexibility index (Phi) is 5.23. The summed E-state index contributed by atoms with van der Waals surface area (Å²) in [5, 5.41) is 2.01. The third-order valence-corrected chi connectivity index (χ3v) is 4.93. The van der Waals surface area contributed by atoms with E-state index in [4.69, 9.17) is 4.74 Å². The van der Waals surface area contributed by atoms with Crippen molar-refractivity contribution < 1.29 is 9.53 Å². The molecule has 0 aliphatic carbocycles. The van der Waals surface area contributed by atoms with E-state index >= 15 is 0 Å². The molecule has 0 unspecified atom stereocenters. The van der Waals surface area contributed by atoms with Crippen LogP contribution in [0.1, 0.15) is 15.2 Å². The van der Waals surface area contributed by atoms with E-state index in [1.54, 1.807) is 42.5 Å². The van der Waals surface area contributed by atoms with E-state index in [0.717, 1.165) is 13.8 Å². The number of carbonyl (C=O) groups excluding carboxylic acids is 1. The number of methoxy groups -OCH3 is 1. The van der Waals surface area contributed by atoms with Crippen LogP contribution in [0, 0.1) is 0 Å². The molecule has 0 radical (unpaired) electrons. The standard InChI is InChI=1S/C14H13Br2NO2S/c1-17(7-11-5-10(16)8-20-11)14(18)12-4-3-9(15)6-13(12)19-2/h3-6,8H,7H2,1-2H3. The monoisotopic (exact) mass is 417 g/mol. The van der Waals surface area contributed by atoms with Crippen LogP contribution < -0.4 is 4.74 Å². The number of carbonyl (C=O) groups is 1. The zero-order chi connectivity index (χ0) is 14.7. The fraction of sp³-hybridized carbons (Fsp3) is 0.214. The Balaban J connectivity index is 2.18. The molecule has 0 N–H and O–H groups in total. The van der Waals surface area contributed by atoms with E-state index in [2.05, 4.69) is 31.9 Å².